The standard InChI is InChI=1S/C9H13BrN2OS/c1-12(11)9(13)4-2-3-7-5-6-8(10)14-7/h5-6H,2-4,11H2,1H3. The average molecular weight is 277 g/mol. The van der Waals surface area contributed by atoms with E-state index >= 15 is 0 Å². The van der Waals surface area contributed by atoms with Crippen LogP contribution in [-0.2, 0) is 11.2 Å². The van der Waals surface area contributed by atoms with E-state index in [1.54, 1.807) is 18.4 Å². The van der Waals surface area contributed by atoms with Gasteiger partial charge in [0.25, 0.3) is 0 Å². The van der Waals surface area contributed by atoms with Gasteiger partial charge in [0, 0.05) is 18.3 Å². The van der Waals surface area contributed by atoms with Gasteiger partial charge in [-0.25, -0.2) is 5.84 Å². The molecule has 0 atom stereocenters. The fraction of sp³-hybridized carbons (Fsp3) is 0.444. The Kier molecular flexibility index (Phi) is 4.57. The smallest absolute Gasteiger partial charge is 0.236 e. The van der Waals surface area contributed by atoms with Crippen LogP contribution in [0.3, 0.4) is 0 Å². The van der Waals surface area contributed by atoms with E-state index in [9.17, 15) is 4.79 Å². The van der Waals surface area contributed by atoms with Crippen molar-refractivity contribution >= 4 is 33.2 Å². The summed E-state index contributed by atoms with van der Waals surface area (Å²) in [6, 6.07) is 4.10. The Morgan fingerprint density at radius 3 is 2.86 bits per heavy atom. The lowest BCUT2D eigenvalue weighted by Crippen LogP contribution is -2.32. The summed E-state index contributed by atoms with van der Waals surface area (Å²) in [6.07, 6.45) is 2.31. The van der Waals surface area contributed by atoms with Crippen LogP contribution in [0.2, 0.25) is 0 Å². The van der Waals surface area contributed by atoms with Gasteiger partial charge in [-0.3, -0.25) is 9.80 Å². The highest BCUT2D eigenvalue weighted by molar-refractivity contribution is 9.11. The first-order valence-corrected chi connectivity index (χ1v) is 5.96. The molecule has 0 spiro atoms. The number of halogens is 1. The summed E-state index contributed by atoms with van der Waals surface area (Å²) >= 11 is 5.11. The van der Waals surface area contributed by atoms with Crippen LogP contribution in [0.15, 0.2) is 15.9 Å². The third kappa shape index (κ3) is 3.77. The molecule has 2 N–H and O–H groups in total. The van der Waals surface area contributed by atoms with Crippen LogP contribution in [0.1, 0.15) is 17.7 Å². The molecule has 5 heteroatoms. The number of nitrogens with two attached hydrogens (primary N) is 1. The lowest BCUT2D eigenvalue weighted by Gasteiger charge is -2.08. The summed E-state index contributed by atoms with van der Waals surface area (Å²) in [4.78, 5) is 12.4. The van der Waals surface area contributed by atoms with Crippen LogP contribution < -0.4 is 5.84 Å². The molecule has 0 saturated carbocycles. The lowest BCUT2D eigenvalue weighted by molar-refractivity contribution is -0.130. The van der Waals surface area contributed by atoms with Gasteiger partial charge >= 0.3 is 0 Å². The molecule has 78 valence electrons. The summed E-state index contributed by atoms with van der Waals surface area (Å²) in [7, 11) is 1.57. The predicted octanol–water partition coefficient (Wildman–Crippen LogP) is 2.17. The molecule has 0 aliphatic heterocycles. The van der Waals surface area contributed by atoms with Crippen molar-refractivity contribution in [2.75, 3.05) is 7.05 Å². The van der Waals surface area contributed by atoms with E-state index in [0.717, 1.165) is 21.6 Å². The van der Waals surface area contributed by atoms with Gasteiger partial charge in [-0.05, 0) is 40.9 Å². The third-order valence-corrected chi connectivity index (χ3v) is 3.52. The number of carbonyl (C=O) groups is 1. The molecule has 0 aromatic carbocycles. The maximum Gasteiger partial charge on any atom is 0.236 e. The number of hydrogen-bond acceptors (Lipinski definition) is 3. The molecule has 1 rings (SSSR count). The monoisotopic (exact) mass is 276 g/mol. The minimum absolute atomic E-state index is 0.0133. The number of carbonyl (C=O) groups excluding carboxylic acids is 1. The van der Waals surface area contributed by atoms with Gasteiger partial charge in [0.2, 0.25) is 5.91 Å². The van der Waals surface area contributed by atoms with Gasteiger partial charge in [-0.15, -0.1) is 11.3 Å². The second-order valence-electron chi connectivity index (χ2n) is 3.06. The fourth-order valence-electron chi connectivity index (χ4n) is 1.08. The maximum absolute atomic E-state index is 11.1. The van der Waals surface area contributed by atoms with E-state index in [1.807, 2.05) is 6.07 Å². The summed E-state index contributed by atoms with van der Waals surface area (Å²) in [5.41, 5.74) is 0. The predicted molar refractivity (Wildman–Crippen MR) is 61.9 cm³/mol. The molecule has 0 fully saturated rings. The number of nitrogens with zero attached hydrogens (tertiary/aromatic N) is 1. The largest absolute Gasteiger partial charge is 0.284 e. The van der Waals surface area contributed by atoms with Gasteiger partial charge < -0.3 is 0 Å². The average Bonchev–Trinajstić information content (AvgIpc) is 2.51. The molecular formula is C9H13BrN2OS. The topological polar surface area (TPSA) is 46.3 Å². The minimum atomic E-state index is -0.0133. The van der Waals surface area contributed by atoms with Crippen LogP contribution in [0.5, 0.6) is 0 Å². The molecular weight excluding hydrogens is 264 g/mol. The van der Waals surface area contributed by atoms with Gasteiger partial charge in [-0.2, -0.15) is 0 Å². The molecule has 1 aromatic heterocycles. The molecule has 1 heterocycles. The number of hydrazine groups is 1. The Hall–Kier alpha value is -0.390. The number of thiophene rings is 1. The van der Waals surface area contributed by atoms with Crippen molar-refractivity contribution in [1.29, 1.82) is 0 Å². The Balaban J connectivity index is 2.25. The van der Waals surface area contributed by atoms with E-state index < -0.39 is 0 Å². The van der Waals surface area contributed by atoms with Gasteiger partial charge in [0.1, 0.15) is 0 Å². The van der Waals surface area contributed by atoms with Crippen molar-refractivity contribution in [1.82, 2.24) is 5.01 Å². The van der Waals surface area contributed by atoms with E-state index in [-0.39, 0.29) is 5.91 Å². The molecule has 3 nitrogen and oxygen atoms in total. The van der Waals surface area contributed by atoms with Crippen LogP contribution in [0, 0.1) is 0 Å². The number of rotatable bonds is 4. The zero-order chi connectivity index (χ0) is 10.6. The summed E-state index contributed by atoms with van der Waals surface area (Å²) in [6.45, 7) is 0. The molecule has 0 radical (unpaired) electrons. The lowest BCUT2D eigenvalue weighted by atomic mass is 10.2. The molecule has 1 aromatic rings. The van der Waals surface area contributed by atoms with Crippen LogP contribution in [0.4, 0.5) is 0 Å². The Morgan fingerprint density at radius 1 is 1.64 bits per heavy atom. The van der Waals surface area contributed by atoms with Crippen molar-refractivity contribution in [2.45, 2.75) is 19.3 Å². The Bertz CT molecular complexity index is 312. The van der Waals surface area contributed by atoms with Gasteiger partial charge in [-0.1, -0.05) is 0 Å². The van der Waals surface area contributed by atoms with Crippen LogP contribution >= 0.6 is 27.3 Å². The number of aryl methyl sites for hydroxylation is 1. The Labute approximate surface area is 96.0 Å². The van der Waals surface area contributed by atoms with Crippen molar-refractivity contribution in [3.05, 3.63) is 20.8 Å². The second-order valence-corrected chi connectivity index (χ2v) is 5.61. The molecule has 0 bridgehead atoms. The van der Waals surface area contributed by atoms with Gasteiger partial charge in [0.15, 0.2) is 0 Å². The fourth-order valence-corrected chi connectivity index (χ4v) is 2.60. The summed E-state index contributed by atoms with van der Waals surface area (Å²) in [5, 5.41) is 1.14. The second kappa shape index (κ2) is 5.48. The first-order chi connectivity index (χ1) is 6.59. The molecule has 0 saturated heterocycles. The first kappa shape index (κ1) is 11.7. The number of amides is 1. The zero-order valence-corrected chi connectivity index (χ0v) is 10.4. The zero-order valence-electron chi connectivity index (χ0n) is 8.00. The highest BCUT2D eigenvalue weighted by Gasteiger charge is 2.04. The highest BCUT2D eigenvalue weighted by atomic mass is 79.9. The van der Waals surface area contributed by atoms with E-state index in [4.69, 9.17) is 5.84 Å². The van der Waals surface area contributed by atoms with Crippen molar-refractivity contribution < 1.29 is 4.79 Å². The quantitative estimate of drug-likeness (QED) is 0.521. The van der Waals surface area contributed by atoms with E-state index in [1.165, 1.54) is 4.88 Å². The SMILES string of the molecule is CN(N)C(=O)CCCc1ccc(Br)s1. The molecule has 0 aliphatic carbocycles. The van der Waals surface area contributed by atoms with E-state index in [2.05, 4.69) is 22.0 Å². The normalized spacial score (nSPS) is 10.2. The van der Waals surface area contributed by atoms with Crippen molar-refractivity contribution in [3.8, 4) is 0 Å². The van der Waals surface area contributed by atoms with Crippen LogP contribution in [-0.4, -0.2) is 18.0 Å². The summed E-state index contributed by atoms with van der Waals surface area (Å²) in [5.74, 6) is 5.29. The molecule has 0 aliphatic rings. The minimum Gasteiger partial charge on any atom is -0.284 e. The highest BCUT2D eigenvalue weighted by Crippen LogP contribution is 2.23. The molecule has 1 amide bonds. The Morgan fingerprint density at radius 2 is 2.36 bits per heavy atom. The number of hydrogen-bond donors (Lipinski definition) is 1. The maximum atomic E-state index is 11.1. The summed E-state index contributed by atoms with van der Waals surface area (Å²) < 4.78 is 1.13. The molecule has 0 unspecified atom stereocenters. The van der Waals surface area contributed by atoms with E-state index in [0.29, 0.717) is 6.42 Å². The van der Waals surface area contributed by atoms with Crippen LogP contribution in [0.25, 0.3) is 0 Å². The van der Waals surface area contributed by atoms with Crippen molar-refractivity contribution in [2.24, 2.45) is 5.84 Å². The van der Waals surface area contributed by atoms with Crippen molar-refractivity contribution in [3.63, 3.8) is 0 Å². The first-order valence-electron chi connectivity index (χ1n) is 4.35. The molecule has 14 heavy (non-hydrogen) atoms. The third-order valence-electron chi connectivity index (χ3n) is 1.84. The van der Waals surface area contributed by atoms with Gasteiger partial charge in [0.05, 0.1) is 3.79 Å².